The Hall–Kier alpha value is -4.51. The molecule has 226 valence electrons. The van der Waals surface area contributed by atoms with Crippen molar-refractivity contribution >= 4 is 35.4 Å². The van der Waals surface area contributed by atoms with E-state index >= 15 is 0 Å². The standard InChI is InChI=1S/C32H33NO10/c1-17(34)41-25-16-40-28(30(43-19(3)36)29(25)42-18(2)35)24-15-14-23(20-10-12-22(39-4)13-11-20)26-27(24)32(38)33(31(26)37)21-8-6-5-7-9-21/h5-15,23-30H,16H2,1-4H3/t23-,24-,25-,26+,27-,28-,29+,30+/m1/s1. The van der Waals surface area contributed by atoms with Crippen molar-refractivity contribution in [3.63, 3.8) is 0 Å². The summed E-state index contributed by atoms with van der Waals surface area (Å²) in [6.07, 6.45) is -0.838. The molecule has 2 aromatic rings. The molecule has 2 saturated heterocycles. The minimum Gasteiger partial charge on any atom is -0.497 e. The molecule has 1 aliphatic carbocycles. The molecule has 0 unspecified atom stereocenters. The summed E-state index contributed by atoms with van der Waals surface area (Å²) in [5, 5.41) is 0. The van der Waals surface area contributed by atoms with E-state index in [2.05, 4.69) is 0 Å². The van der Waals surface area contributed by atoms with E-state index in [1.54, 1.807) is 55.7 Å². The third-order valence-corrected chi connectivity index (χ3v) is 8.02. The normalized spacial score (nSPS) is 29.9. The predicted octanol–water partition coefficient (Wildman–Crippen LogP) is 2.96. The number of methoxy groups -OCH3 is 1. The second kappa shape index (κ2) is 12.4. The van der Waals surface area contributed by atoms with E-state index < -0.39 is 71.9 Å². The molecule has 2 aromatic carbocycles. The molecule has 0 bridgehead atoms. The molecule has 2 amide bonds. The van der Waals surface area contributed by atoms with Gasteiger partial charge in [0.2, 0.25) is 11.8 Å². The Morgan fingerprint density at radius 1 is 0.767 bits per heavy atom. The van der Waals surface area contributed by atoms with Crippen LogP contribution in [0.2, 0.25) is 0 Å². The Morgan fingerprint density at radius 3 is 1.98 bits per heavy atom. The number of para-hydroxylation sites is 1. The molecule has 11 heteroatoms. The lowest BCUT2D eigenvalue weighted by Gasteiger charge is -2.45. The van der Waals surface area contributed by atoms with Crippen LogP contribution in [-0.4, -0.2) is 67.9 Å². The zero-order valence-corrected chi connectivity index (χ0v) is 24.2. The lowest BCUT2D eigenvalue weighted by atomic mass is 9.66. The molecule has 2 aliphatic heterocycles. The highest BCUT2D eigenvalue weighted by atomic mass is 16.6. The number of allylic oxidation sites excluding steroid dienone is 1. The molecule has 2 heterocycles. The highest BCUT2D eigenvalue weighted by Crippen LogP contribution is 2.50. The molecule has 0 spiro atoms. The summed E-state index contributed by atoms with van der Waals surface area (Å²) >= 11 is 0. The number of rotatable bonds is 7. The lowest BCUT2D eigenvalue weighted by Crippen LogP contribution is -2.60. The monoisotopic (exact) mass is 591 g/mol. The maximum atomic E-state index is 14.2. The van der Waals surface area contributed by atoms with E-state index in [1.807, 2.05) is 18.2 Å². The molecular weight excluding hydrogens is 558 g/mol. The van der Waals surface area contributed by atoms with E-state index in [0.717, 1.165) is 5.56 Å². The van der Waals surface area contributed by atoms with Gasteiger partial charge in [0, 0.05) is 32.6 Å². The van der Waals surface area contributed by atoms with Crippen molar-refractivity contribution in [1.29, 1.82) is 0 Å². The van der Waals surface area contributed by atoms with Crippen molar-refractivity contribution in [1.82, 2.24) is 0 Å². The minimum atomic E-state index is -1.24. The van der Waals surface area contributed by atoms with Gasteiger partial charge in [-0.1, -0.05) is 42.5 Å². The number of fused-ring (bicyclic) bond motifs is 1. The number of ether oxygens (including phenoxy) is 5. The fourth-order valence-electron chi connectivity index (χ4n) is 6.37. The average molecular weight is 592 g/mol. The third kappa shape index (κ3) is 5.90. The topological polar surface area (TPSA) is 135 Å². The van der Waals surface area contributed by atoms with E-state index in [9.17, 15) is 24.0 Å². The van der Waals surface area contributed by atoms with Crippen LogP contribution in [0.4, 0.5) is 5.69 Å². The van der Waals surface area contributed by atoms with Crippen LogP contribution in [-0.2, 0) is 42.9 Å². The number of anilines is 1. The van der Waals surface area contributed by atoms with Gasteiger partial charge in [0.15, 0.2) is 18.3 Å². The first-order chi connectivity index (χ1) is 20.6. The molecule has 2 fully saturated rings. The largest absolute Gasteiger partial charge is 0.497 e. The summed E-state index contributed by atoms with van der Waals surface area (Å²) in [6.45, 7) is 3.39. The number of benzene rings is 2. The number of nitrogens with zero attached hydrogens (tertiary/aromatic N) is 1. The van der Waals surface area contributed by atoms with E-state index in [0.29, 0.717) is 11.4 Å². The molecule has 8 atom stereocenters. The van der Waals surface area contributed by atoms with Crippen LogP contribution in [0.5, 0.6) is 5.75 Å². The van der Waals surface area contributed by atoms with Gasteiger partial charge in [0.25, 0.3) is 0 Å². The average Bonchev–Trinajstić information content (AvgIpc) is 3.24. The van der Waals surface area contributed by atoms with Crippen molar-refractivity contribution < 1.29 is 47.7 Å². The number of amides is 2. The molecule has 0 saturated carbocycles. The van der Waals surface area contributed by atoms with Crippen molar-refractivity contribution in [2.24, 2.45) is 17.8 Å². The first-order valence-electron chi connectivity index (χ1n) is 14.0. The smallest absolute Gasteiger partial charge is 0.303 e. The molecular formula is C32H33NO10. The van der Waals surface area contributed by atoms with Gasteiger partial charge in [-0.25, -0.2) is 0 Å². The Balaban J connectivity index is 1.59. The summed E-state index contributed by atoms with van der Waals surface area (Å²) in [4.78, 5) is 65.8. The molecule has 0 aromatic heterocycles. The van der Waals surface area contributed by atoms with Gasteiger partial charge in [0.1, 0.15) is 11.9 Å². The summed E-state index contributed by atoms with van der Waals surface area (Å²) in [5.74, 6) is -5.08. The van der Waals surface area contributed by atoms with Crippen LogP contribution in [0.15, 0.2) is 66.7 Å². The highest BCUT2D eigenvalue weighted by molar-refractivity contribution is 6.22. The minimum absolute atomic E-state index is 0.186. The number of esters is 3. The van der Waals surface area contributed by atoms with Gasteiger partial charge in [0.05, 0.1) is 31.2 Å². The fourth-order valence-corrected chi connectivity index (χ4v) is 6.37. The van der Waals surface area contributed by atoms with Crippen LogP contribution >= 0.6 is 0 Å². The second-order valence-electron chi connectivity index (χ2n) is 10.8. The summed E-state index contributed by atoms with van der Waals surface area (Å²) in [7, 11) is 1.56. The van der Waals surface area contributed by atoms with Crippen LogP contribution in [0.3, 0.4) is 0 Å². The molecule has 0 radical (unpaired) electrons. The maximum Gasteiger partial charge on any atom is 0.303 e. The van der Waals surface area contributed by atoms with Crippen molar-refractivity contribution in [3.8, 4) is 5.75 Å². The highest BCUT2D eigenvalue weighted by Gasteiger charge is 2.60. The van der Waals surface area contributed by atoms with Crippen molar-refractivity contribution in [3.05, 3.63) is 72.3 Å². The SMILES string of the molecule is COc1ccc([C@H]2C=C[C@@H]([C@H]3OC[C@@H](OC(C)=O)[C@H](OC(C)=O)[C@H]3OC(C)=O)[C@H]3C(=O)N(c4ccccc4)C(=O)[C@H]32)cc1. The van der Waals surface area contributed by atoms with Crippen LogP contribution < -0.4 is 9.64 Å². The quantitative estimate of drug-likeness (QED) is 0.205. The van der Waals surface area contributed by atoms with Gasteiger partial charge in [-0.15, -0.1) is 0 Å². The third-order valence-electron chi connectivity index (χ3n) is 8.02. The van der Waals surface area contributed by atoms with E-state index in [-0.39, 0.29) is 12.5 Å². The van der Waals surface area contributed by atoms with Crippen LogP contribution in [0.1, 0.15) is 32.3 Å². The molecule has 0 N–H and O–H groups in total. The molecule has 11 nitrogen and oxygen atoms in total. The number of imide groups is 1. The van der Waals surface area contributed by atoms with Gasteiger partial charge >= 0.3 is 17.9 Å². The Bertz CT molecular complexity index is 1420. The molecule has 43 heavy (non-hydrogen) atoms. The zero-order chi connectivity index (χ0) is 30.8. The van der Waals surface area contributed by atoms with Crippen molar-refractivity contribution in [2.45, 2.75) is 51.1 Å². The van der Waals surface area contributed by atoms with E-state index in [1.165, 1.54) is 25.7 Å². The lowest BCUT2D eigenvalue weighted by molar-refractivity contribution is -0.233. The summed E-state index contributed by atoms with van der Waals surface area (Å²) in [5.41, 5.74) is 1.25. The molecule has 3 aliphatic rings. The fraction of sp³-hybridized carbons (Fsp3) is 0.406. The van der Waals surface area contributed by atoms with Crippen LogP contribution in [0, 0.1) is 17.8 Å². The second-order valence-corrected chi connectivity index (χ2v) is 10.8. The number of hydrogen-bond acceptors (Lipinski definition) is 10. The summed E-state index contributed by atoms with van der Waals surface area (Å²) < 4.78 is 28.0. The van der Waals surface area contributed by atoms with Crippen molar-refractivity contribution in [2.75, 3.05) is 18.6 Å². The summed E-state index contributed by atoms with van der Waals surface area (Å²) in [6, 6.07) is 16.0. The Labute approximate surface area is 248 Å². The van der Waals surface area contributed by atoms with Gasteiger partial charge in [-0.05, 0) is 29.8 Å². The van der Waals surface area contributed by atoms with Gasteiger partial charge in [-0.2, -0.15) is 0 Å². The van der Waals surface area contributed by atoms with E-state index in [4.69, 9.17) is 23.7 Å². The zero-order valence-electron chi connectivity index (χ0n) is 24.2. The Kier molecular flexibility index (Phi) is 8.63. The van der Waals surface area contributed by atoms with Crippen LogP contribution in [0.25, 0.3) is 0 Å². The maximum absolute atomic E-state index is 14.2. The first-order valence-corrected chi connectivity index (χ1v) is 14.0. The van der Waals surface area contributed by atoms with Gasteiger partial charge < -0.3 is 23.7 Å². The molecule has 5 rings (SSSR count). The predicted molar refractivity (Wildman–Crippen MR) is 151 cm³/mol. The number of carbonyl (C=O) groups is 5. The number of carbonyl (C=O) groups excluding carboxylic acids is 5. The Morgan fingerprint density at radius 2 is 1.37 bits per heavy atom. The number of hydrogen-bond donors (Lipinski definition) is 0. The first kappa shape index (κ1) is 30.0. The van der Waals surface area contributed by atoms with Gasteiger partial charge in [-0.3, -0.25) is 28.9 Å².